The lowest BCUT2D eigenvalue weighted by atomic mass is 10.1. The van der Waals surface area contributed by atoms with Crippen LogP contribution in [0.25, 0.3) is 0 Å². The van der Waals surface area contributed by atoms with Crippen molar-refractivity contribution in [1.29, 1.82) is 0 Å². The Hall–Kier alpha value is -1.68. The maximum absolute atomic E-state index is 6.08. The Morgan fingerprint density at radius 2 is 1.89 bits per heavy atom. The number of aryl methyl sites for hydroxylation is 1. The van der Waals surface area contributed by atoms with Crippen LogP contribution >= 0.6 is 15.9 Å². The predicted molar refractivity (Wildman–Crippen MR) is 84.3 cm³/mol. The number of benzene rings is 2. The zero-order valence-corrected chi connectivity index (χ0v) is 12.9. The number of anilines is 3. The molecule has 0 atom stereocenters. The molecule has 4 heteroatoms. The molecule has 0 aliphatic heterocycles. The highest BCUT2D eigenvalue weighted by molar-refractivity contribution is 9.10. The molecule has 0 aliphatic carbocycles. The van der Waals surface area contributed by atoms with Crippen LogP contribution in [-0.4, -0.2) is 14.2 Å². The van der Waals surface area contributed by atoms with Crippen molar-refractivity contribution in [2.24, 2.45) is 0 Å². The van der Waals surface area contributed by atoms with Crippen LogP contribution in [0, 0.1) is 6.92 Å². The quantitative estimate of drug-likeness (QED) is 0.865. The second-order valence-electron chi connectivity index (χ2n) is 4.44. The first-order chi connectivity index (χ1) is 9.02. The molecule has 0 aliphatic rings. The fraction of sp³-hybridized carbons (Fsp3) is 0.200. The number of hydrogen-bond donors (Lipinski definition) is 1. The Kier molecular flexibility index (Phi) is 4.00. The summed E-state index contributed by atoms with van der Waals surface area (Å²) >= 11 is 3.50. The summed E-state index contributed by atoms with van der Waals surface area (Å²) in [5.41, 5.74) is 10.0. The molecular weight excluding hydrogens is 304 g/mol. The fourth-order valence-electron chi connectivity index (χ4n) is 1.98. The van der Waals surface area contributed by atoms with E-state index in [1.165, 1.54) is 0 Å². The number of rotatable bonds is 3. The Morgan fingerprint density at radius 3 is 2.47 bits per heavy atom. The Morgan fingerprint density at radius 1 is 1.16 bits per heavy atom. The number of nitrogens with two attached hydrogens (primary N) is 1. The molecule has 0 heterocycles. The number of ether oxygens (including phenoxy) is 1. The van der Waals surface area contributed by atoms with Gasteiger partial charge in [-0.05, 0) is 58.7 Å². The molecule has 0 saturated heterocycles. The van der Waals surface area contributed by atoms with E-state index in [9.17, 15) is 0 Å². The van der Waals surface area contributed by atoms with E-state index >= 15 is 0 Å². The van der Waals surface area contributed by atoms with Gasteiger partial charge in [0, 0.05) is 12.7 Å². The van der Waals surface area contributed by atoms with E-state index in [-0.39, 0.29) is 0 Å². The summed E-state index contributed by atoms with van der Waals surface area (Å²) in [7, 11) is 3.65. The second kappa shape index (κ2) is 5.53. The van der Waals surface area contributed by atoms with Gasteiger partial charge < -0.3 is 15.4 Å². The summed E-state index contributed by atoms with van der Waals surface area (Å²) in [5, 5.41) is 0. The largest absolute Gasteiger partial charge is 0.496 e. The van der Waals surface area contributed by atoms with Gasteiger partial charge in [-0.3, -0.25) is 0 Å². The predicted octanol–water partition coefficient (Wildman–Crippen LogP) is 4.12. The van der Waals surface area contributed by atoms with Crippen LogP contribution in [0.2, 0.25) is 0 Å². The zero-order chi connectivity index (χ0) is 14.0. The highest BCUT2D eigenvalue weighted by atomic mass is 79.9. The maximum Gasteiger partial charge on any atom is 0.133 e. The van der Waals surface area contributed by atoms with Crippen LogP contribution in [0.4, 0.5) is 17.1 Å². The average molecular weight is 321 g/mol. The molecule has 19 heavy (non-hydrogen) atoms. The lowest BCUT2D eigenvalue weighted by molar-refractivity contribution is 0.412. The fourth-order valence-corrected chi connectivity index (χ4v) is 2.51. The molecule has 0 fully saturated rings. The topological polar surface area (TPSA) is 38.5 Å². The second-order valence-corrected chi connectivity index (χ2v) is 5.29. The first-order valence-corrected chi connectivity index (χ1v) is 6.75. The molecule has 2 rings (SSSR count). The van der Waals surface area contributed by atoms with Gasteiger partial charge in [0.1, 0.15) is 5.75 Å². The summed E-state index contributed by atoms with van der Waals surface area (Å²) in [6.45, 7) is 2.03. The Bertz CT molecular complexity index is 599. The normalized spacial score (nSPS) is 10.3. The van der Waals surface area contributed by atoms with Crippen molar-refractivity contribution in [2.45, 2.75) is 6.92 Å². The van der Waals surface area contributed by atoms with Gasteiger partial charge in [-0.25, -0.2) is 0 Å². The van der Waals surface area contributed by atoms with Crippen molar-refractivity contribution in [2.75, 3.05) is 24.8 Å². The molecule has 0 unspecified atom stereocenters. The summed E-state index contributed by atoms with van der Waals surface area (Å²) in [4.78, 5) is 2.05. The average Bonchev–Trinajstić information content (AvgIpc) is 2.38. The maximum atomic E-state index is 6.08. The van der Waals surface area contributed by atoms with Crippen molar-refractivity contribution < 1.29 is 4.74 Å². The number of halogens is 1. The minimum atomic E-state index is 0.773. The van der Waals surface area contributed by atoms with Crippen LogP contribution in [0.5, 0.6) is 5.75 Å². The van der Waals surface area contributed by atoms with E-state index in [0.29, 0.717) is 0 Å². The van der Waals surface area contributed by atoms with Crippen molar-refractivity contribution in [3.05, 3.63) is 46.4 Å². The first kappa shape index (κ1) is 13.7. The Balaban J connectivity index is 2.38. The van der Waals surface area contributed by atoms with Gasteiger partial charge in [-0.1, -0.05) is 6.07 Å². The number of nitrogen functional groups attached to an aromatic ring is 1. The van der Waals surface area contributed by atoms with Gasteiger partial charge in [0.2, 0.25) is 0 Å². The third-order valence-corrected chi connectivity index (χ3v) is 3.69. The van der Waals surface area contributed by atoms with Crippen LogP contribution in [0.15, 0.2) is 40.9 Å². The smallest absolute Gasteiger partial charge is 0.133 e. The summed E-state index contributed by atoms with van der Waals surface area (Å²) < 4.78 is 6.16. The van der Waals surface area contributed by atoms with Crippen LogP contribution in [-0.2, 0) is 0 Å². The molecule has 100 valence electrons. The van der Waals surface area contributed by atoms with Crippen molar-refractivity contribution in [3.63, 3.8) is 0 Å². The van der Waals surface area contributed by atoms with E-state index in [2.05, 4.69) is 26.9 Å². The molecule has 0 amide bonds. The lowest BCUT2D eigenvalue weighted by Gasteiger charge is -2.22. The SMILES string of the molecule is COc1ccc(N(C)c2ccc(C)cc2N)cc1Br. The van der Waals surface area contributed by atoms with Gasteiger partial charge in [0.05, 0.1) is 23.0 Å². The molecule has 2 aromatic carbocycles. The number of hydrogen-bond acceptors (Lipinski definition) is 3. The highest BCUT2D eigenvalue weighted by Gasteiger charge is 2.09. The van der Waals surface area contributed by atoms with Gasteiger partial charge in [0.15, 0.2) is 0 Å². The van der Waals surface area contributed by atoms with Crippen LogP contribution < -0.4 is 15.4 Å². The third-order valence-electron chi connectivity index (χ3n) is 3.07. The minimum absolute atomic E-state index is 0.773. The molecule has 2 aromatic rings. The van der Waals surface area contributed by atoms with Crippen molar-refractivity contribution in [3.8, 4) is 5.75 Å². The number of methoxy groups -OCH3 is 1. The van der Waals surface area contributed by atoms with E-state index in [4.69, 9.17) is 10.5 Å². The first-order valence-electron chi connectivity index (χ1n) is 5.96. The third kappa shape index (κ3) is 2.84. The van der Waals surface area contributed by atoms with Gasteiger partial charge in [-0.2, -0.15) is 0 Å². The standard InChI is InChI=1S/C15H17BrN2O/c1-10-4-6-14(13(17)8-10)18(2)11-5-7-15(19-3)12(16)9-11/h4-9H,17H2,1-3H3. The van der Waals surface area contributed by atoms with E-state index < -0.39 is 0 Å². The van der Waals surface area contributed by atoms with E-state index in [1.54, 1.807) is 7.11 Å². The molecule has 0 spiro atoms. The van der Waals surface area contributed by atoms with Crippen LogP contribution in [0.3, 0.4) is 0 Å². The monoisotopic (exact) mass is 320 g/mol. The van der Waals surface area contributed by atoms with Crippen molar-refractivity contribution in [1.82, 2.24) is 0 Å². The molecule has 0 saturated carbocycles. The molecule has 2 N–H and O–H groups in total. The molecule has 0 radical (unpaired) electrons. The highest BCUT2D eigenvalue weighted by Crippen LogP contribution is 2.34. The zero-order valence-electron chi connectivity index (χ0n) is 11.3. The van der Waals surface area contributed by atoms with Gasteiger partial charge in [0.25, 0.3) is 0 Å². The summed E-state index contributed by atoms with van der Waals surface area (Å²) in [6, 6.07) is 12.0. The van der Waals surface area contributed by atoms with Gasteiger partial charge >= 0.3 is 0 Å². The molecular formula is C15H17BrN2O. The van der Waals surface area contributed by atoms with Crippen molar-refractivity contribution >= 4 is 33.0 Å². The van der Waals surface area contributed by atoms with E-state index in [1.807, 2.05) is 44.3 Å². The molecule has 0 aromatic heterocycles. The van der Waals surface area contributed by atoms with Crippen LogP contribution in [0.1, 0.15) is 5.56 Å². The summed E-state index contributed by atoms with van der Waals surface area (Å²) in [5.74, 6) is 0.814. The number of nitrogens with zero attached hydrogens (tertiary/aromatic N) is 1. The van der Waals surface area contributed by atoms with E-state index in [0.717, 1.165) is 32.8 Å². The molecule has 0 bridgehead atoms. The minimum Gasteiger partial charge on any atom is -0.496 e. The molecule has 3 nitrogen and oxygen atoms in total. The Labute approximate surface area is 122 Å². The van der Waals surface area contributed by atoms with Gasteiger partial charge in [-0.15, -0.1) is 0 Å². The summed E-state index contributed by atoms with van der Waals surface area (Å²) in [6.07, 6.45) is 0. The lowest BCUT2D eigenvalue weighted by Crippen LogP contribution is -2.11.